The van der Waals surface area contributed by atoms with Crippen molar-refractivity contribution in [2.75, 3.05) is 49.7 Å². The first-order valence-corrected chi connectivity index (χ1v) is 10.3. The van der Waals surface area contributed by atoms with Gasteiger partial charge < -0.3 is 24.4 Å². The minimum atomic E-state index is -2.28. The van der Waals surface area contributed by atoms with Crippen LogP contribution >= 0.6 is 0 Å². The van der Waals surface area contributed by atoms with Crippen molar-refractivity contribution < 1.29 is 41.0 Å². The highest BCUT2D eigenvalue weighted by Crippen LogP contribution is 2.39. The molecule has 6 nitrogen and oxygen atoms in total. The van der Waals surface area contributed by atoms with Gasteiger partial charge in [-0.2, -0.15) is 0 Å². The van der Waals surface area contributed by atoms with E-state index in [2.05, 4.69) is 5.32 Å². The zero-order valence-electron chi connectivity index (χ0n) is 18.1. The molecule has 0 spiro atoms. The summed E-state index contributed by atoms with van der Waals surface area (Å²) in [6.45, 7) is 6.34. The Labute approximate surface area is 187 Å². The number of hydrogen-bond acceptors (Lipinski definition) is 5. The van der Waals surface area contributed by atoms with Gasteiger partial charge in [-0.25, -0.2) is 22.0 Å². The van der Waals surface area contributed by atoms with Gasteiger partial charge >= 0.3 is 0 Å². The van der Waals surface area contributed by atoms with Crippen LogP contribution in [0.1, 0.15) is 19.4 Å². The zero-order valence-corrected chi connectivity index (χ0v) is 18.1. The van der Waals surface area contributed by atoms with E-state index in [0.717, 1.165) is 0 Å². The van der Waals surface area contributed by atoms with E-state index in [4.69, 9.17) is 14.2 Å². The molecule has 1 amide bonds. The van der Waals surface area contributed by atoms with E-state index in [1.165, 1.54) is 6.07 Å². The van der Waals surface area contributed by atoms with E-state index in [1.54, 1.807) is 19.9 Å². The van der Waals surface area contributed by atoms with Gasteiger partial charge in [0.1, 0.15) is 11.5 Å². The maximum Gasteiger partial charge on any atom is 0.229 e. The highest BCUT2D eigenvalue weighted by Gasteiger charge is 2.27. The molecule has 0 aromatic heterocycles. The van der Waals surface area contributed by atoms with Crippen LogP contribution in [0, 0.1) is 29.1 Å². The Morgan fingerprint density at radius 1 is 0.909 bits per heavy atom. The number of carbonyl (C=O) groups is 1. The van der Waals surface area contributed by atoms with Gasteiger partial charge in [-0.15, -0.1) is 0 Å². The molecule has 0 bridgehead atoms. The molecule has 180 valence electrons. The van der Waals surface area contributed by atoms with E-state index < -0.39 is 47.0 Å². The minimum Gasteiger partial charge on any atom is -0.492 e. The van der Waals surface area contributed by atoms with Crippen LogP contribution in [0.15, 0.2) is 12.1 Å². The first-order valence-electron chi connectivity index (χ1n) is 10.3. The largest absolute Gasteiger partial charge is 0.492 e. The van der Waals surface area contributed by atoms with Crippen LogP contribution in [-0.2, 0) is 16.0 Å². The summed E-state index contributed by atoms with van der Waals surface area (Å²) in [6, 6.07) is 3.16. The monoisotopic (exact) mass is 474 g/mol. The van der Waals surface area contributed by atoms with Gasteiger partial charge in [0.05, 0.1) is 44.2 Å². The van der Waals surface area contributed by atoms with Crippen molar-refractivity contribution in [3.63, 3.8) is 0 Å². The SMILES string of the molecule is CCOc1cc(N2CCOCC2)c(OCC)cc1NC(=O)Cc1c(F)c(F)c(F)c(F)c1F. The van der Waals surface area contributed by atoms with Gasteiger partial charge in [0, 0.05) is 30.8 Å². The van der Waals surface area contributed by atoms with Gasteiger partial charge in [0.25, 0.3) is 0 Å². The summed E-state index contributed by atoms with van der Waals surface area (Å²) in [5.41, 5.74) is -0.385. The van der Waals surface area contributed by atoms with E-state index in [1.807, 2.05) is 4.90 Å². The van der Waals surface area contributed by atoms with Crippen LogP contribution in [0.2, 0.25) is 0 Å². The van der Waals surface area contributed by atoms with Crippen molar-refractivity contribution in [2.24, 2.45) is 0 Å². The molecule has 1 aliphatic heterocycles. The number of carbonyl (C=O) groups excluding carboxylic acids is 1. The van der Waals surface area contributed by atoms with Crippen LogP contribution in [0.25, 0.3) is 0 Å². The molecule has 1 N–H and O–H groups in total. The van der Waals surface area contributed by atoms with Crippen molar-refractivity contribution in [3.05, 3.63) is 46.8 Å². The molecule has 2 aromatic rings. The summed E-state index contributed by atoms with van der Waals surface area (Å²) < 4.78 is 84.8. The van der Waals surface area contributed by atoms with E-state index in [0.29, 0.717) is 44.3 Å². The molecule has 0 saturated carbocycles. The smallest absolute Gasteiger partial charge is 0.229 e. The molecule has 0 aliphatic carbocycles. The second-order valence-electron chi connectivity index (χ2n) is 7.05. The maximum absolute atomic E-state index is 14.0. The molecule has 2 aromatic carbocycles. The van der Waals surface area contributed by atoms with Crippen LogP contribution < -0.4 is 19.7 Å². The maximum atomic E-state index is 14.0. The third-order valence-corrected chi connectivity index (χ3v) is 4.92. The average molecular weight is 474 g/mol. The summed E-state index contributed by atoms with van der Waals surface area (Å²) in [5, 5.41) is 2.42. The normalized spacial score (nSPS) is 13.7. The van der Waals surface area contributed by atoms with Gasteiger partial charge in [-0.05, 0) is 13.8 Å². The Balaban J connectivity index is 1.92. The Bertz CT molecular complexity index is 1000. The molecule has 33 heavy (non-hydrogen) atoms. The fourth-order valence-corrected chi connectivity index (χ4v) is 3.40. The zero-order chi connectivity index (χ0) is 24.1. The third-order valence-electron chi connectivity index (χ3n) is 4.92. The summed E-state index contributed by atoms with van der Waals surface area (Å²) in [6.07, 6.45) is -1.08. The van der Waals surface area contributed by atoms with Gasteiger partial charge in [-0.1, -0.05) is 0 Å². The lowest BCUT2D eigenvalue weighted by Gasteiger charge is -2.31. The fraction of sp³-hybridized carbons (Fsp3) is 0.409. The number of rotatable bonds is 8. The fourth-order valence-electron chi connectivity index (χ4n) is 3.40. The number of hydrogen-bond donors (Lipinski definition) is 1. The quantitative estimate of drug-likeness (QED) is 0.353. The van der Waals surface area contributed by atoms with Crippen LogP contribution in [0.3, 0.4) is 0 Å². The van der Waals surface area contributed by atoms with Crippen LogP contribution in [-0.4, -0.2) is 45.4 Å². The summed E-state index contributed by atoms with van der Waals surface area (Å²) >= 11 is 0. The highest BCUT2D eigenvalue weighted by atomic mass is 19.2. The number of benzene rings is 2. The van der Waals surface area contributed by atoms with E-state index >= 15 is 0 Å². The standard InChI is InChI=1S/C22H23F5N2O4/c1-3-32-15-11-14(29-5-7-31-8-6-29)16(33-4-2)10-13(15)28-17(30)9-12-18(23)20(25)22(27)21(26)19(12)24/h10-11H,3-9H2,1-2H3,(H,28,30). The van der Waals surface area contributed by atoms with Gasteiger partial charge in [-0.3, -0.25) is 4.79 Å². The van der Waals surface area contributed by atoms with Gasteiger partial charge in [0.15, 0.2) is 23.3 Å². The summed E-state index contributed by atoms with van der Waals surface area (Å²) in [5.74, 6) is -10.9. The molecule has 0 radical (unpaired) electrons. The van der Waals surface area contributed by atoms with Gasteiger partial charge in [0.2, 0.25) is 11.7 Å². The predicted molar refractivity (Wildman–Crippen MR) is 110 cm³/mol. The minimum absolute atomic E-state index is 0.131. The Kier molecular flexibility index (Phi) is 7.96. The predicted octanol–water partition coefficient (Wildman–Crippen LogP) is 4.20. The number of nitrogens with zero attached hydrogens (tertiary/aromatic N) is 1. The third kappa shape index (κ3) is 5.29. The first-order chi connectivity index (χ1) is 15.8. The topological polar surface area (TPSA) is 60.0 Å². The Morgan fingerprint density at radius 2 is 1.45 bits per heavy atom. The number of morpholine rings is 1. The molecular weight excluding hydrogens is 451 g/mol. The van der Waals surface area contributed by atoms with Crippen LogP contribution in [0.5, 0.6) is 11.5 Å². The average Bonchev–Trinajstić information content (AvgIpc) is 2.81. The Morgan fingerprint density at radius 3 is 2.03 bits per heavy atom. The number of amides is 1. The molecular formula is C22H23F5N2O4. The molecule has 0 atom stereocenters. The summed E-state index contributed by atoms with van der Waals surface area (Å²) in [4.78, 5) is 14.5. The second kappa shape index (κ2) is 10.7. The molecule has 1 fully saturated rings. The van der Waals surface area contributed by atoms with E-state index in [9.17, 15) is 26.7 Å². The molecule has 1 aliphatic rings. The van der Waals surface area contributed by atoms with E-state index in [-0.39, 0.29) is 18.0 Å². The lowest BCUT2D eigenvalue weighted by molar-refractivity contribution is -0.115. The Hall–Kier alpha value is -3.08. The molecule has 11 heteroatoms. The molecule has 0 unspecified atom stereocenters. The van der Waals surface area contributed by atoms with Crippen molar-refractivity contribution in [2.45, 2.75) is 20.3 Å². The van der Waals surface area contributed by atoms with Crippen molar-refractivity contribution in [1.29, 1.82) is 0 Å². The van der Waals surface area contributed by atoms with Crippen molar-refractivity contribution in [1.82, 2.24) is 0 Å². The first kappa shape index (κ1) is 24.6. The number of ether oxygens (including phenoxy) is 3. The second-order valence-corrected chi connectivity index (χ2v) is 7.05. The van der Waals surface area contributed by atoms with Crippen molar-refractivity contribution >= 4 is 17.3 Å². The lowest BCUT2D eigenvalue weighted by Crippen LogP contribution is -2.36. The van der Waals surface area contributed by atoms with Crippen molar-refractivity contribution in [3.8, 4) is 11.5 Å². The highest BCUT2D eigenvalue weighted by molar-refractivity contribution is 5.94. The number of halogens is 5. The summed E-state index contributed by atoms with van der Waals surface area (Å²) in [7, 11) is 0. The lowest BCUT2D eigenvalue weighted by atomic mass is 10.1. The number of nitrogens with one attached hydrogen (secondary N) is 1. The molecule has 1 heterocycles. The molecule has 3 rings (SSSR count). The molecule has 1 saturated heterocycles. The number of anilines is 2. The van der Waals surface area contributed by atoms with Crippen LogP contribution in [0.4, 0.5) is 33.3 Å².